The first-order valence-corrected chi connectivity index (χ1v) is 11.1. The second kappa shape index (κ2) is 8.85. The Balaban J connectivity index is 1.79. The maximum Gasteiger partial charge on any atom is 0.265 e. The molecule has 2 aromatic carbocycles. The molecule has 1 N–H and O–H groups in total. The van der Waals surface area contributed by atoms with Crippen LogP contribution in [0.2, 0.25) is 0 Å². The van der Waals surface area contributed by atoms with E-state index < -0.39 is 10.0 Å². The van der Waals surface area contributed by atoms with Gasteiger partial charge in [0.2, 0.25) is 10.0 Å². The minimum absolute atomic E-state index is 0.00459. The van der Waals surface area contributed by atoms with Gasteiger partial charge in [0.15, 0.2) is 6.61 Å². The summed E-state index contributed by atoms with van der Waals surface area (Å²) in [6, 6.07) is 10.9. The van der Waals surface area contributed by atoms with Crippen LogP contribution in [0.25, 0.3) is 0 Å². The van der Waals surface area contributed by atoms with Gasteiger partial charge in [-0.25, -0.2) is 12.7 Å². The number of hydrogen-bond acceptors (Lipinski definition) is 5. The summed E-state index contributed by atoms with van der Waals surface area (Å²) in [5, 5.41) is 2.79. The van der Waals surface area contributed by atoms with Crippen LogP contribution in [0, 0.1) is 0 Å². The largest absolute Gasteiger partial charge is 0.482 e. The molecule has 0 saturated carbocycles. The molecule has 0 aliphatic carbocycles. The Morgan fingerprint density at radius 2 is 1.87 bits per heavy atom. The van der Waals surface area contributed by atoms with E-state index in [-0.39, 0.29) is 23.3 Å². The first kappa shape index (κ1) is 21.8. The lowest BCUT2D eigenvalue weighted by Crippen LogP contribution is -2.39. The number of nitrogens with zero attached hydrogens (tertiary/aromatic N) is 2. The molecule has 1 aliphatic heterocycles. The number of benzene rings is 2. The predicted octanol–water partition coefficient (Wildman–Crippen LogP) is 2.71. The number of anilines is 2. The first-order chi connectivity index (χ1) is 14.2. The van der Waals surface area contributed by atoms with Crippen molar-refractivity contribution in [2.24, 2.45) is 0 Å². The fraction of sp³-hybridized carbons (Fsp3) is 0.333. The van der Waals surface area contributed by atoms with Crippen LogP contribution in [-0.2, 0) is 14.8 Å². The van der Waals surface area contributed by atoms with Crippen LogP contribution < -0.4 is 15.0 Å². The normalized spacial score (nSPS) is 13.7. The number of amides is 2. The minimum Gasteiger partial charge on any atom is -0.482 e. The van der Waals surface area contributed by atoms with Crippen molar-refractivity contribution in [2.45, 2.75) is 24.7 Å². The van der Waals surface area contributed by atoms with E-state index in [1.807, 2.05) is 0 Å². The zero-order valence-electron chi connectivity index (χ0n) is 17.2. The van der Waals surface area contributed by atoms with Gasteiger partial charge in [-0.1, -0.05) is 13.3 Å². The highest BCUT2D eigenvalue weighted by Crippen LogP contribution is 2.35. The van der Waals surface area contributed by atoms with E-state index in [4.69, 9.17) is 4.74 Å². The lowest BCUT2D eigenvalue weighted by atomic mass is 10.1. The number of rotatable bonds is 7. The summed E-state index contributed by atoms with van der Waals surface area (Å²) in [7, 11) is -0.660. The zero-order valence-corrected chi connectivity index (χ0v) is 18.0. The Morgan fingerprint density at radius 3 is 2.50 bits per heavy atom. The highest BCUT2D eigenvalue weighted by Gasteiger charge is 2.25. The highest BCUT2D eigenvalue weighted by molar-refractivity contribution is 7.89. The lowest BCUT2D eigenvalue weighted by Gasteiger charge is -2.29. The molecule has 1 aliphatic rings. The lowest BCUT2D eigenvalue weighted by molar-refractivity contribution is -0.121. The van der Waals surface area contributed by atoms with E-state index in [2.05, 4.69) is 12.2 Å². The van der Waals surface area contributed by atoms with E-state index in [0.717, 1.165) is 17.1 Å². The second-order valence-electron chi connectivity index (χ2n) is 7.14. The predicted molar refractivity (Wildman–Crippen MR) is 114 cm³/mol. The number of ether oxygens (including phenoxy) is 1. The number of unbranched alkanes of at least 4 members (excludes halogenated alkanes) is 1. The summed E-state index contributed by atoms with van der Waals surface area (Å²) < 4.78 is 30.9. The van der Waals surface area contributed by atoms with Crippen LogP contribution in [0.15, 0.2) is 47.4 Å². The second-order valence-corrected chi connectivity index (χ2v) is 9.29. The van der Waals surface area contributed by atoms with Gasteiger partial charge in [0.1, 0.15) is 5.75 Å². The quantitative estimate of drug-likeness (QED) is 0.727. The van der Waals surface area contributed by atoms with E-state index in [1.165, 1.54) is 38.4 Å². The third-order valence-corrected chi connectivity index (χ3v) is 6.62. The molecule has 2 amide bonds. The van der Waals surface area contributed by atoms with Gasteiger partial charge in [0.25, 0.3) is 11.8 Å². The molecule has 2 aromatic rings. The molecule has 0 spiro atoms. The smallest absolute Gasteiger partial charge is 0.265 e. The third kappa shape index (κ3) is 4.47. The number of carbonyl (C=O) groups excluding carboxylic acids is 2. The van der Waals surface area contributed by atoms with Gasteiger partial charge in [-0.3, -0.25) is 9.59 Å². The van der Waals surface area contributed by atoms with Gasteiger partial charge < -0.3 is 15.0 Å². The molecule has 0 unspecified atom stereocenters. The first-order valence-electron chi connectivity index (χ1n) is 9.65. The van der Waals surface area contributed by atoms with E-state index in [9.17, 15) is 18.0 Å². The highest BCUT2D eigenvalue weighted by atomic mass is 32.2. The average Bonchev–Trinajstić information content (AvgIpc) is 2.73. The molecule has 1 heterocycles. The topological polar surface area (TPSA) is 96.0 Å². The van der Waals surface area contributed by atoms with Crippen molar-refractivity contribution >= 4 is 33.2 Å². The fourth-order valence-corrected chi connectivity index (χ4v) is 3.94. The van der Waals surface area contributed by atoms with Gasteiger partial charge in [0, 0.05) is 31.9 Å². The Labute approximate surface area is 176 Å². The summed E-state index contributed by atoms with van der Waals surface area (Å²) >= 11 is 0. The van der Waals surface area contributed by atoms with Gasteiger partial charge in [-0.2, -0.15) is 0 Å². The number of sulfonamides is 1. The van der Waals surface area contributed by atoms with Crippen molar-refractivity contribution in [3.8, 4) is 5.75 Å². The number of nitrogens with one attached hydrogen (secondary N) is 1. The van der Waals surface area contributed by atoms with Gasteiger partial charge in [0.05, 0.1) is 10.6 Å². The van der Waals surface area contributed by atoms with Gasteiger partial charge in [-0.15, -0.1) is 0 Å². The molecule has 0 atom stereocenters. The van der Waals surface area contributed by atoms with Gasteiger partial charge >= 0.3 is 0 Å². The molecule has 0 fully saturated rings. The van der Waals surface area contributed by atoms with Crippen molar-refractivity contribution in [2.75, 3.05) is 37.5 Å². The van der Waals surface area contributed by atoms with Crippen LogP contribution in [0.1, 0.15) is 30.1 Å². The van der Waals surface area contributed by atoms with Crippen molar-refractivity contribution in [3.63, 3.8) is 0 Å². The standard InChI is InChI=1S/C21H25N3O5S/c1-4-5-12-24-18-13-16(8-11-19(18)29-14-20(24)25)22-21(26)15-6-9-17(10-7-15)30(27,28)23(2)3/h6-11,13H,4-5,12,14H2,1-3H3,(H,22,26). The van der Waals surface area contributed by atoms with E-state index in [1.54, 1.807) is 23.1 Å². The molecular weight excluding hydrogens is 406 g/mol. The number of carbonyl (C=O) groups is 2. The van der Waals surface area contributed by atoms with Crippen molar-refractivity contribution in [1.82, 2.24) is 4.31 Å². The summed E-state index contributed by atoms with van der Waals surface area (Å²) in [5.74, 6) is 0.103. The van der Waals surface area contributed by atoms with Crippen molar-refractivity contribution in [3.05, 3.63) is 48.0 Å². The van der Waals surface area contributed by atoms with Gasteiger partial charge in [-0.05, 0) is 48.9 Å². The summed E-state index contributed by atoms with van der Waals surface area (Å²) in [5.41, 5.74) is 1.47. The maximum atomic E-state index is 12.6. The van der Waals surface area contributed by atoms with Crippen LogP contribution >= 0.6 is 0 Å². The fourth-order valence-electron chi connectivity index (χ4n) is 3.03. The molecule has 8 nitrogen and oxygen atoms in total. The minimum atomic E-state index is -3.56. The molecular formula is C21H25N3O5S. The zero-order chi connectivity index (χ0) is 21.9. The molecule has 160 valence electrons. The van der Waals surface area contributed by atoms with Crippen molar-refractivity contribution in [1.29, 1.82) is 0 Å². The van der Waals surface area contributed by atoms with Crippen LogP contribution in [0.3, 0.4) is 0 Å². The molecule has 0 radical (unpaired) electrons. The van der Waals surface area contributed by atoms with E-state index in [0.29, 0.717) is 29.2 Å². The Bertz CT molecular complexity index is 1050. The molecule has 0 bridgehead atoms. The van der Waals surface area contributed by atoms with E-state index >= 15 is 0 Å². The molecule has 9 heteroatoms. The molecule has 0 aromatic heterocycles. The summed E-state index contributed by atoms with van der Waals surface area (Å²) in [4.78, 5) is 26.6. The number of fused-ring (bicyclic) bond motifs is 1. The van der Waals surface area contributed by atoms with Crippen molar-refractivity contribution < 1.29 is 22.7 Å². The number of hydrogen-bond donors (Lipinski definition) is 1. The average molecular weight is 432 g/mol. The summed E-state index contributed by atoms with van der Waals surface area (Å²) in [6.45, 7) is 2.65. The van der Waals surface area contributed by atoms with Crippen LogP contribution in [-0.4, -0.2) is 51.8 Å². The van der Waals surface area contributed by atoms with Crippen LogP contribution in [0.4, 0.5) is 11.4 Å². The maximum absolute atomic E-state index is 12.6. The molecule has 0 saturated heterocycles. The third-order valence-electron chi connectivity index (χ3n) is 4.79. The monoisotopic (exact) mass is 431 g/mol. The Hall–Kier alpha value is -2.91. The Morgan fingerprint density at radius 1 is 1.17 bits per heavy atom. The molecule has 30 heavy (non-hydrogen) atoms. The molecule has 3 rings (SSSR count). The SMILES string of the molecule is CCCCN1C(=O)COc2ccc(NC(=O)c3ccc(S(=O)(=O)N(C)C)cc3)cc21. The Kier molecular flexibility index (Phi) is 6.42. The summed E-state index contributed by atoms with van der Waals surface area (Å²) in [6.07, 6.45) is 1.82. The van der Waals surface area contributed by atoms with Crippen LogP contribution in [0.5, 0.6) is 5.75 Å².